The highest BCUT2D eigenvalue weighted by Gasteiger charge is 2.08. The molecule has 0 radical (unpaired) electrons. The lowest BCUT2D eigenvalue weighted by Gasteiger charge is -2.18. The number of aliphatic imine (C=N–C) groups is 1. The van der Waals surface area contributed by atoms with E-state index in [0.717, 1.165) is 30.7 Å². The Kier molecular flexibility index (Phi) is 12.7. The van der Waals surface area contributed by atoms with Crippen LogP contribution in [0, 0.1) is 0 Å². The summed E-state index contributed by atoms with van der Waals surface area (Å²) in [7, 11) is -3.31. The van der Waals surface area contributed by atoms with E-state index in [1.807, 2.05) is 19.1 Å². The summed E-state index contributed by atoms with van der Waals surface area (Å²) in [6.07, 6.45) is 5.90. The largest absolute Gasteiger partial charge is 0.357 e. The summed E-state index contributed by atoms with van der Waals surface area (Å²) in [4.78, 5) is 4.60. The zero-order valence-corrected chi connectivity index (χ0v) is 19.4. The van der Waals surface area contributed by atoms with Crippen LogP contribution in [0.3, 0.4) is 0 Å². The quantitative estimate of drug-likeness (QED) is 0.200. The van der Waals surface area contributed by atoms with Gasteiger partial charge in [0, 0.05) is 12.6 Å². The number of nitrogens with zero attached hydrogens (tertiary/aromatic N) is 1. The Morgan fingerprint density at radius 3 is 2.50 bits per heavy atom. The van der Waals surface area contributed by atoms with Gasteiger partial charge in [-0.25, -0.2) is 13.4 Å². The van der Waals surface area contributed by atoms with Gasteiger partial charge in [0.15, 0.2) is 5.96 Å². The van der Waals surface area contributed by atoms with Gasteiger partial charge in [-0.05, 0) is 31.9 Å². The molecule has 0 saturated heterocycles. The first-order valence-electron chi connectivity index (χ1n) is 8.96. The van der Waals surface area contributed by atoms with Gasteiger partial charge in [-0.1, -0.05) is 44.4 Å². The Bertz CT molecular complexity index is 650. The smallest absolute Gasteiger partial charge is 0.229 e. The average Bonchev–Trinajstić information content (AvgIpc) is 2.53. The Hall–Kier alpha value is -1.03. The second-order valence-corrected chi connectivity index (χ2v) is 8.02. The number of guanidine groups is 1. The fourth-order valence-electron chi connectivity index (χ4n) is 2.45. The van der Waals surface area contributed by atoms with Crippen molar-refractivity contribution in [2.24, 2.45) is 4.99 Å². The van der Waals surface area contributed by atoms with Crippen LogP contribution in [0.15, 0.2) is 29.3 Å². The molecule has 1 unspecified atom stereocenters. The molecular formula is C18H33IN4O2S. The Labute approximate surface area is 175 Å². The fraction of sp³-hybridized carbons (Fsp3) is 0.611. The molecule has 0 aliphatic rings. The van der Waals surface area contributed by atoms with Crippen molar-refractivity contribution < 1.29 is 8.42 Å². The number of sulfonamides is 1. The minimum absolute atomic E-state index is 0. The maximum atomic E-state index is 11.5. The monoisotopic (exact) mass is 496 g/mol. The normalized spacial score (nSPS) is 12.8. The van der Waals surface area contributed by atoms with Gasteiger partial charge in [-0.3, -0.25) is 4.72 Å². The first-order valence-corrected chi connectivity index (χ1v) is 10.8. The minimum Gasteiger partial charge on any atom is -0.357 e. The van der Waals surface area contributed by atoms with Crippen LogP contribution in [0.5, 0.6) is 0 Å². The Balaban J connectivity index is 0.00000625. The number of unbranched alkanes of at least 4 members (excludes halogenated alkanes) is 2. The number of halogens is 1. The summed E-state index contributed by atoms with van der Waals surface area (Å²) in [6.45, 7) is 7.55. The first-order chi connectivity index (χ1) is 11.9. The molecule has 3 N–H and O–H groups in total. The van der Waals surface area contributed by atoms with Gasteiger partial charge in [0.05, 0.1) is 18.5 Å². The molecule has 1 rings (SSSR count). The van der Waals surface area contributed by atoms with Crippen LogP contribution in [0.4, 0.5) is 5.69 Å². The lowest BCUT2D eigenvalue weighted by molar-refractivity contribution is 0.547. The van der Waals surface area contributed by atoms with E-state index in [1.54, 1.807) is 12.1 Å². The maximum Gasteiger partial charge on any atom is 0.229 e. The van der Waals surface area contributed by atoms with Crippen molar-refractivity contribution >= 4 is 45.6 Å². The third-order valence-electron chi connectivity index (χ3n) is 3.69. The highest BCUT2D eigenvalue weighted by Crippen LogP contribution is 2.17. The number of nitrogens with one attached hydrogen (secondary N) is 3. The third kappa shape index (κ3) is 10.8. The van der Waals surface area contributed by atoms with E-state index in [1.165, 1.54) is 19.3 Å². The fourth-order valence-corrected chi connectivity index (χ4v) is 3.05. The van der Waals surface area contributed by atoms with Crippen molar-refractivity contribution in [3.8, 4) is 0 Å². The van der Waals surface area contributed by atoms with Gasteiger partial charge in [0.25, 0.3) is 0 Å². The van der Waals surface area contributed by atoms with Crippen LogP contribution in [-0.2, 0) is 16.6 Å². The Morgan fingerprint density at radius 2 is 1.88 bits per heavy atom. The van der Waals surface area contributed by atoms with E-state index in [4.69, 9.17) is 0 Å². The van der Waals surface area contributed by atoms with Crippen molar-refractivity contribution in [2.45, 2.75) is 59.0 Å². The van der Waals surface area contributed by atoms with Crippen molar-refractivity contribution in [3.63, 3.8) is 0 Å². The number of benzene rings is 1. The number of hydrogen-bond acceptors (Lipinski definition) is 3. The standard InChI is InChI=1S/C18H32N4O2S.HI/c1-5-7-8-11-15(3)21-18(19-6-2)20-14-16-12-9-10-13-17(16)22-25(4,23)24;/h9-10,12-13,15,22H,5-8,11,14H2,1-4H3,(H2,19,20,21);1H. The second-order valence-electron chi connectivity index (χ2n) is 6.27. The maximum absolute atomic E-state index is 11.5. The van der Waals surface area contributed by atoms with Crippen molar-refractivity contribution in [1.29, 1.82) is 0 Å². The molecule has 1 aromatic carbocycles. The molecule has 6 nitrogen and oxygen atoms in total. The van der Waals surface area contributed by atoms with Crippen LogP contribution >= 0.6 is 24.0 Å². The molecule has 0 saturated carbocycles. The van der Waals surface area contributed by atoms with E-state index in [0.29, 0.717) is 18.3 Å². The van der Waals surface area contributed by atoms with Crippen LogP contribution < -0.4 is 15.4 Å². The molecule has 0 fully saturated rings. The van der Waals surface area contributed by atoms with Crippen LogP contribution in [-0.4, -0.2) is 33.2 Å². The van der Waals surface area contributed by atoms with Gasteiger partial charge in [0.2, 0.25) is 10.0 Å². The minimum atomic E-state index is -3.31. The van der Waals surface area contributed by atoms with Gasteiger partial charge in [-0.2, -0.15) is 0 Å². The summed E-state index contributed by atoms with van der Waals surface area (Å²) < 4.78 is 25.5. The molecule has 0 aliphatic heterocycles. The predicted molar refractivity (Wildman–Crippen MR) is 122 cm³/mol. The van der Waals surface area contributed by atoms with E-state index < -0.39 is 10.0 Å². The third-order valence-corrected chi connectivity index (χ3v) is 4.28. The van der Waals surface area contributed by atoms with E-state index in [2.05, 4.69) is 34.2 Å². The van der Waals surface area contributed by atoms with Gasteiger partial charge in [0.1, 0.15) is 0 Å². The molecule has 0 spiro atoms. The summed E-state index contributed by atoms with van der Waals surface area (Å²) in [6, 6.07) is 7.66. The molecule has 150 valence electrons. The van der Waals surface area contributed by atoms with E-state index in [9.17, 15) is 8.42 Å². The van der Waals surface area contributed by atoms with Crippen LogP contribution in [0.1, 0.15) is 52.0 Å². The number of anilines is 1. The number of rotatable bonds is 10. The molecule has 8 heteroatoms. The van der Waals surface area contributed by atoms with Crippen molar-refractivity contribution in [2.75, 3.05) is 17.5 Å². The van der Waals surface area contributed by atoms with Gasteiger partial charge in [-0.15, -0.1) is 24.0 Å². The van der Waals surface area contributed by atoms with Crippen molar-refractivity contribution in [1.82, 2.24) is 10.6 Å². The number of para-hydroxylation sites is 1. The van der Waals surface area contributed by atoms with E-state index in [-0.39, 0.29) is 24.0 Å². The van der Waals surface area contributed by atoms with Crippen molar-refractivity contribution in [3.05, 3.63) is 29.8 Å². The molecule has 26 heavy (non-hydrogen) atoms. The summed E-state index contributed by atoms with van der Waals surface area (Å²) in [5.74, 6) is 0.751. The molecule has 0 heterocycles. The molecule has 0 aromatic heterocycles. The molecule has 0 amide bonds. The molecule has 1 atom stereocenters. The number of hydrogen-bond donors (Lipinski definition) is 3. The highest BCUT2D eigenvalue weighted by atomic mass is 127. The molecule has 0 aliphatic carbocycles. The average molecular weight is 496 g/mol. The van der Waals surface area contributed by atoms with Gasteiger partial charge >= 0.3 is 0 Å². The summed E-state index contributed by atoms with van der Waals surface area (Å²) in [5, 5.41) is 6.66. The predicted octanol–water partition coefficient (Wildman–Crippen LogP) is 3.70. The second kappa shape index (κ2) is 13.2. The summed E-state index contributed by atoms with van der Waals surface area (Å²) in [5.41, 5.74) is 1.41. The molecule has 1 aromatic rings. The van der Waals surface area contributed by atoms with Crippen LogP contribution in [0.2, 0.25) is 0 Å². The lowest BCUT2D eigenvalue weighted by Crippen LogP contribution is -2.42. The highest BCUT2D eigenvalue weighted by molar-refractivity contribution is 14.0. The topological polar surface area (TPSA) is 82.6 Å². The molecule has 0 bridgehead atoms. The first kappa shape index (κ1) is 25.0. The lowest BCUT2D eigenvalue weighted by atomic mass is 10.1. The van der Waals surface area contributed by atoms with Gasteiger partial charge < -0.3 is 10.6 Å². The summed E-state index contributed by atoms with van der Waals surface area (Å²) >= 11 is 0. The van der Waals surface area contributed by atoms with Crippen LogP contribution in [0.25, 0.3) is 0 Å². The zero-order chi connectivity index (χ0) is 18.7. The Morgan fingerprint density at radius 1 is 1.19 bits per heavy atom. The zero-order valence-electron chi connectivity index (χ0n) is 16.2. The van der Waals surface area contributed by atoms with E-state index >= 15 is 0 Å². The SMILES string of the molecule is CCCCCC(C)NC(=NCc1ccccc1NS(C)(=O)=O)NCC.I. The molecular weight excluding hydrogens is 463 g/mol.